The first-order valence-electron chi connectivity index (χ1n) is 12.0. The summed E-state index contributed by atoms with van der Waals surface area (Å²) in [4.78, 5) is 40.1. The number of thiazole rings is 2. The first-order valence-corrected chi connectivity index (χ1v) is 13.6. The van der Waals surface area contributed by atoms with Crippen LogP contribution in [0.25, 0.3) is 10.8 Å². The van der Waals surface area contributed by atoms with Crippen LogP contribution in [-0.4, -0.2) is 44.7 Å². The third kappa shape index (κ3) is 4.04. The van der Waals surface area contributed by atoms with E-state index in [1.54, 1.807) is 11.3 Å². The number of carbonyl (C=O) groups excluding carboxylic acids is 2. The lowest BCUT2D eigenvalue weighted by Crippen LogP contribution is -2.37. The van der Waals surface area contributed by atoms with Crippen LogP contribution in [0.15, 0.2) is 41.8 Å². The second kappa shape index (κ2) is 8.84. The summed E-state index contributed by atoms with van der Waals surface area (Å²) in [6, 6.07) is 12.6. The normalized spacial score (nSPS) is 16.2. The maximum Gasteiger partial charge on any atom is 0.273 e. The van der Waals surface area contributed by atoms with Crippen molar-refractivity contribution in [2.45, 2.75) is 45.7 Å². The minimum atomic E-state index is -0.0114. The molecule has 6 nitrogen and oxygen atoms in total. The lowest BCUT2D eigenvalue weighted by atomic mass is 9.95. The number of hydrogen-bond acceptors (Lipinski definition) is 6. The maximum absolute atomic E-state index is 13.4. The van der Waals surface area contributed by atoms with Crippen LogP contribution in [0, 0.1) is 13.8 Å². The summed E-state index contributed by atoms with van der Waals surface area (Å²) in [5.41, 5.74) is 3.73. The molecule has 0 spiro atoms. The molecule has 2 aliphatic rings. The van der Waals surface area contributed by atoms with Crippen molar-refractivity contribution >= 4 is 45.3 Å². The molecular weight excluding hydrogens is 476 g/mol. The zero-order valence-corrected chi connectivity index (χ0v) is 21.4. The van der Waals surface area contributed by atoms with Gasteiger partial charge in [-0.05, 0) is 48.6 Å². The second-order valence-corrected chi connectivity index (χ2v) is 11.5. The molecule has 0 bridgehead atoms. The lowest BCUT2D eigenvalue weighted by molar-refractivity contribution is 0.0716. The summed E-state index contributed by atoms with van der Waals surface area (Å²) in [5.74, 6) is 0.357. The Kier molecular flexibility index (Phi) is 5.65. The van der Waals surface area contributed by atoms with Crippen molar-refractivity contribution in [2.24, 2.45) is 0 Å². The fourth-order valence-corrected chi connectivity index (χ4v) is 7.17. The van der Waals surface area contributed by atoms with Gasteiger partial charge in [0.15, 0.2) is 0 Å². The summed E-state index contributed by atoms with van der Waals surface area (Å²) in [7, 11) is 0. The van der Waals surface area contributed by atoms with E-state index in [1.807, 2.05) is 29.0 Å². The number of carbonyl (C=O) groups is 2. The van der Waals surface area contributed by atoms with Crippen LogP contribution in [0.3, 0.4) is 0 Å². The second-order valence-electron chi connectivity index (χ2n) is 9.38. The molecule has 1 fully saturated rings. The van der Waals surface area contributed by atoms with Crippen LogP contribution < -0.4 is 0 Å². The Labute approximate surface area is 212 Å². The zero-order valence-electron chi connectivity index (χ0n) is 19.8. The Morgan fingerprint density at radius 2 is 1.60 bits per heavy atom. The first kappa shape index (κ1) is 22.4. The highest BCUT2D eigenvalue weighted by Crippen LogP contribution is 2.34. The summed E-state index contributed by atoms with van der Waals surface area (Å²) >= 11 is 3.04. The standard InChI is InChI=1S/C27H26N4O2S2/c1-16-24(35-17(2)28-16)27(33)30-11-9-19(10-12-30)25-29-22(15-34-25)26(32)31-13-20-7-3-5-18-6-4-8-21(14-31)23(18)20/h3-8,15,19H,9-14H2,1-2H3. The molecule has 0 saturated carbocycles. The van der Waals surface area contributed by atoms with Crippen LogP contribution in [0.4, 0.5) is 0 Å². The zero-order chi connectivity index (χ0) is 24.1. The fraction of sp³-hybridized carbons (Fsp3) is 0.333. The van der Waals surface area contributed by atoms with E-state index in [1.165, 1.54) is 33.2 Å². The van der Waals surface area contributed by atoms with Crippen molar-refractivity contribution in [3.63, 3.8) is 0 Å². The molecule has 0 unspecified atom stereocenters. The fourth-order valence-electron chi connectivity index (χ4n) is 5.31. The number of benzene rings is 2. The van der Waals surface area contributed by atoms with E-state index in [4.69, 9.17) is 4.98 Å². The molecule has 0 radical (unpaired) electrons. The lowest BCUT2D eigenvalue weighted by Gasteiger charge is -2.31. The van der Waals surface area contributed by atoms with Crippen molar-refractivity contribution < 1.29 is 9.59 Å². The number of rotatable bonds is 3. The Balaban J connectivity index is 1.13. The molecule has 2 amide bonds. The van der Waals surface area contributed by atoms with Gasteiger partial charge in [-0.15, -0.1) is 22.7 Å². The molecule has 0 aliphatic carbocycles. The molecular formula is C27H26N4O2S2. The minimum Gasteiger partial charge on any atom is -0.338 e. The molecule has 2 aliphatic heterocycles. The smallest absolute Gasteiger partial charge is 0.273 e. The number of piperidine rings is 1. The highest BCUT2D eigenvalue weighted by Gasteiger charge is 2.30. The molecule has 35 heavy (non-hydrogen) atoms. The average Bonchev–Trinajstić information content (AvgIpc) is 3.50. The van der Waals surface area contributed by atoms with Crippen LogP contribution in [0.2, 0.25) is 0 Å². The van der Waals surface area contributed by atoms with E-state index < -0.39 is 0 Å². The van der Waals surface area contributed by atoms with Crippen molar-refractivity contribution in [1.82, 2.24) is 19.8 Å². The molecule has 0 N–H and O–H groups in total. The maximum atomic E-state index is 13.4. The van der Waals surface area contributed by atoms with Gasteiger partial charge < -0.3 is 9.80 Å². The molecule has 1 saturated heterocycles. The molecule has 2 aromatic heterocycles. The van der Waals surface area contributed by atoms with Gasteiger partial charge in [-0.25, -0.2) is 9.97 Å². The number of aromatic nitrogens is 2. The van der Waals surface area contributed by atoms with E-state index in [9.17, 15) is 9.59 Å². The van der Waals surface area contributed by atoms with Gasteiger partial charge >= 0.3 is 0 Å². The van der Waals surface area contributed by atoms with Gasteiger partial charge in [-0.3, -0.25) is 9.59 Å². The SMILES string of the molecule is Cc1nc(C)c(C(=O)N2CCC(c3nc(C(=O)N4Cc5cccc6cccc(c56)C4)cs3)CC2)s1. The van der Waals surface area contributed by atoms with Gasteiger partial charge in [-0.1, -0.05) is 36.4 Å². The Morgan fingerprint density at radius 3 is 2.23 bits per heavy atom. The quantitative estimate of drug-likeness (QED) is 0.369. The van der Waals surface area contributed by atoms with Crippen LogP contribution in [0.1, 0.15) is 65.8 Å². The monoisotopic (exact) mass is 502 g/mol. The predicted octanol–water partition coefficient (Wildman–Crippen LogP) is 5.55. The highest BCUT2D eigenvalue weighted by molar-refractivity contribution is 7.13. The minimum absolute atomic E-state index is 0.0114. The van der Waals surface area contributed by atoms with Crippen molar-refractivity contribution in [1.29, 1.82) is 0 Å². The van der Waals surface area contributed by atoms with Gasteiger partial charge in [0, 0.05) is 37.5 Å². The van der Waals surface area contributed by atoms with Gasteiger partial charge in [0.25, 0.3) is 11.8 Å². The van der Waals surface area contributed by atoms with Crippen LogP contribution in [0.5, 0.6) is 0 Å². The third-order valence-corrected chi connectivity index (χ3v) is 9.13. The van der Waals surface area contributed by atoms with Gasteiger partial charge in [0.1, 0.15) is 10.6 Å². The van der Waals surface area contributed by atoms with E-state index in [2.05, 4.69) is 41.4 Å². The summed E-state index contributed by atoms with van der Waals surface area (Å²) in [5, 5.41) is 6.34. The first-order chi connectivity index (χ1) is 17.0. The van der Waals surface area contributed by atoms with Gasteiger partial charge in [0.05, 0.1) is 15.7 Å². The Bertz CT molecular complexity index is 1410. The Hall–Kier alpha value is -3.10. The molecule has 4 heterocycles. The van der Waals surface area contributed by atoms with Crippen LogP contribution in [-0.2, 0) is 13.1 Å². The summed E-state index contributed by atoms with van der Waals surface area (Å²) in [6.45, 7) is 6.46. The molecule has 0 atom stereocenters. The number of hydrogen-bond donors (Lipinski definition) is 0. The number of aryl methyl sites for hydroxylation is 2. The van der Waals surface area contributed by atoms with Crippen molar-refractivity contribution in [2.75, 3.05) is 13.1 Å². The Morgan fingerprint density at radius 1 is 0.914 bits per heavy atom. The predicted molar refractivity (Wildman–Crippen MR) is 139 cm³/mol. The van der Waals surface area contributed by atoms with Gasteiger partial charge in [-0.2, -0.15) is 0 Å². The molecule has 178 valence electrons. The van der Waals surface area contributed by atoms with E-state index in [-0.39, 0.29) is 17.7 Å². The summed E-state index contributed by atoms with van der Waals surface area (Å²) in [6.07, 6.45) is 1.73. The number of nitrogens with zero attached hydrogens (tertiary/aromatic N) is 4. The van der Waals surface area contributed by atoms with Crippen LogP contribution >= 0.6 is 22.7 Å². The van der Waals surface area contributed by atoms with Crippen molar-refractivity contribution in [3.05, 3.63) is 79.2 Å². The molecule has 2 aromatic carbocycles. The largest absolute Gasteiger partial charge is 0.338 e. The number of likely N-dealkylation sites (tertiary alicyclic amines) is 1. The molecule has 6 rings (SSSR count). The molecule has 4 aromatic rings. The topological polar surface area (TPSA) is 66.4 Å². The highest BCUT2D eigenvalue weighted by atomic mass is 32.1. The van der Waals surface area contributed by atoms with Crippen molar-refractivity contribution in [3.8, 4) is 0 Å². The van der Waals surface area contributed by atoms with E-state index in [0.29, 0.717) is 31.9 Å². The van der Waals surface area contributed by atoms with Gasteiger partial charge in [0.2, 0.25) is 0 Å². The molecule has 8 heteroatoms. The van der Waals surface area contributed by atoms with E-state index >= 15 is 0 Å². The van der Waals surface area contributed by atoms with E-state index in [0.717, 1.165) is 33.4 Å². The third-order valence-electron chi connectivity index (χ3n) is 7.06. The summed E-state index contributed by atoms with van der Waals surface area (Å²) < 4.78 is 0. The number of amides is 2. The average molecular weight is 503 g/mol.